The molecule has 2 aliphatic rings. The Kier molecular flexibility index (Phi) is 8.27. The Bertz CT molecular complexity index is 1680. The largest absolute Gasteiger partial charge is 0.461 e. The molecule has 3 heterocycles. The standard InChI is InChI=1S/C30H33F5N6O4/c1-14-20(31)10-21(37)18(11-36)22(14)23-19(30(33,34)35)9-17-25(24(23)32)38-27(44-7-6-43-5)39-26(17)40-12-16-8-15(40)13-41(16)28(42)45-29(2,3)4/h9-11,15-16,36H,6-8,12-13,37H2,1-5H3. The van der Waals surface area contributed by atoms with E-state index in [9.17, 15) is 22.4 Å². The molecule has 2 saturated heterocycles. The van der Waals surface area contributed by atoms with Crippen molar-refractivity contribution >= 4 is 34.7 Å². The lowest BCUT2D eigenvalue weighted by atomic mass is 9.88. The molecule has 3 N–H and O–H groups in total. The second kappa shape index (κ2) is 11.6. The van der Waals surface area contributed by atoms with Gasteiger partial charge in [0.15, 0.2) is 5.82 Å². The molecule has 2 atom stereocenters. The van der Waals surface area contributed by atoms with E-state index in [1.54, 1.807) is 30.6 Å². The lowest BCUT2D eigenvalue weighted by Gasteiger charge is -2.36. The Hall–Kier alpha value is -4.27. The van der Waals surface area contributed by atoms with Crippen LogP contribution in [-0.4, -0.2) is 78.3 Å². The van der Waals surface area contributed by atoms with E-state index in [0.717, 1.165) is 12.1 Å². The lowest BCUT2D eigenvalue weighted by Crippen LogP contribution is -2.50. The third kappa shape index (κ3) is 5.92. The first-order valence-electron chi connectivity index (χ1n) is 14.1. The van der Waals surface area contributed by atoms with Crippen molar-refractivity contribution in [3.63, 3.8) is 0 Å². The van der Waals surface area contributed by atoms with Crippen LogP contribution in [0.2, 0.25) is 0 Å². The number of piperazine rings is 1. The monoisotopic (exact) mass is 636 g/mol. The molecule has 3 aromatic rings. The van der Waals surface area contributed by atoms with Crippen LogP contribution >= 0.6 is 0 Å². The smallest absolute Gasteiger partial charge is 0.417 e. The Morgan fingerprint density at radius 1 is 1.11 bits per heavy atom. The number of hydrogen-bond acceptors (Lipinski definition) is 9. The first-order chi connectivity index (χ1) is 21.1. The van der Waals surface area contributed by atoms with Gasteiger partial charge in [0.25, 0.3) is 0 Å². The summed E-state index contributed by atoms with van der Waals surface area (Å²) >= 11 is 0. The summed E-state index contributed by atoms with van der Waals surface area (Å²) in [7, 11) is 1.44. The van der Waals surface area contributed by atoms with Crippen molar-refractivity contribution in [2.24, 2.45) is 0 Å². The van der Waals surface area contributed by atoms with E-state index < -0.39 is 51.7 Å². The number of likely N-dealkylation sites (tertiary alicyclic amines) is 1. The molecular formula is C30H33F5N6O4. The topological polar surface area (TPSA) is 127 Å². The third-order valence-electron chi connectivity index (χ3n) is 7.85. The number of methoxy groups -OCH3 is 1. The minimum atomic E-state index is -5.11. The van der Waals surface area contributed by atoms with Crippen LogP contribution in [0.5, 0.6) is 6.01 Å². The molecular weight excluding hydrogens is 603 g/mol. The average Bonchev–Trinajstić information content (AvgIpc) is 3.55. The molecule has 1 amide bonds. The van der Waals surface area contributed by atoms with E-state index in [1.807, 2.05) is 0 Å². The zero-order valence-corrected chi connectivity index (χ0v) is 25.3. The van der Waals surface area contributed by atoms with Gasteiger partial charge in [0, 0.05) is 54.2 Å². The van der Waals surface area contributed by atoms with E-state index in [2.05, 4.69) is 9.97 Å². The quantitative estimate of drug-likeness (QED) is 0.146. The van der Waals surface area contributed by atoms with Gasteiger partial charge in [0.05, 0.1) is 24.3 Å². The number of carbonyl (C=O) groups excluding carboxylic acids is 1. The number of aromatic nitrogens is 2. The van der Waals surface area contributed by atoms with E-state index >= 15 is 4.39 Å². The van der Waals surface area contributed by atoms with E-state index in [0.29, 0.717) is 12.6 Å². The van der Waals surface area contributed by atoms with Crippen molar-refractivity contribution < 1.29 is 41.0 Å². The molecule has 0 saturated carbocycles. The summed E-state index contributed by atoms with van der Waals surface area (Å²) < 4.78 is 91.8. The summed E-state index contributed by atoms with van der Waals surface area (Å²) in [6.45, 7) is 6.91. The highest BCUT2D eigenvalue weighted by atomic mass is 19.4. The molecule has 2 unspecified atom stereocenters. The average molecular weight is 637 g/mol. The molecule has 2 aliphatic heterocycles. The second-order valence-corrected chi connectivity index (χ2v) is 12.0. The van der Waals surface area contributed by atoms with Gasteiger partial charge in [-0.15, -0.1) is 0 Å². The van der Waals surface area contributed by atoms with Crippen molar-refractivity contribution in [2.75, 3.05) is 44.0 Å². The zero-order valence-electron chi connectivity index (χ0n) is 25.3. The number of fused-ring (bicyclic) bond motifs is 3. The summed E-state index contributed by atoms with van der Waals surface area (Å²) in [6, 6.07) is 0.601. The number of nitrogens with zero attached hydrogens (tertiary/aromatic N) is 4. The number of nitrogen functional groups attached to an aromatic ring is 1. The maximum Gasteiger partial charge on any atom is 0.417 e. The summed E-state index contributed by atoms with van der Waals surface area (Å²) in [4.78, 5) is 24.6. The van der Waals surface area contributed by atoms with Gasteiger partial charge in [0.1, 0.15) is 29.4 Å². The van der Waals surface area contributed by atoms with Crippen molar-refractivity contribution in [2.45, 2.75) is 58.0 Å². The van der Waals surface area contributed by atoms with Crippen LogP contribution in [0.25, 0.3) is 22.0 Å². The Morgan fingerprint density at radius 2 is 1.82 bits per heavy atom. The van der Waals surface area contributed by atoms with Crippen LogP contribution in [0, 0.1) is 24.0 Å². The lowest BCUT2D eigenvalue weighted by molar-refractivity contribution is -0.137. The maximum absolute atomic E-state index is 16.7. The molecule has 242 valence electrons. The molecule has 5 rings (SSSR count). The number of rotatable bonds is 7. The van der Waals surface area contributed by atoms with Gasteiger partial charge in [-0.2, -0.15) is 23.1 Å². The van der Waals surface area contributed by atoms with Gasteiger partial charge in [-0.3, -0.25) is 0 Å². The normalized spacial score (nSPS) is 18.2. The van der Waals surface area contributed by atoms with Gasteiger partial charge >= 0.3 is 18.3 Å². The molecule has 0 radical (unpaired) electrons. The molecule has 0 spiro atoms. The Labute approximate surface area is 255 Å². The molecule has 1 aromatic heterocycles. The number of amides is 1. The molecule has 2 bridgehead atoms. The summed E-state index contributed by atoms with van der Waals surface area (Å²) in [6.07, 6.45) is -4.47. The van der Waals surface area contributed by atoms with Gasteiger partial charge in [0.2, 0.25) is 0 Å². The second-order valence-electron chi connectivity index (χ2n) is 12.0. The van der Waals surface area contributed by atoms with Crippen LogP contribution in [0.3, 0.4) is 0 Å². The van der Waals surface area contributed by atoms with E-state index in [-0.39, 0.29) is 72.4 Å². The highest BCUT2D eigenvalue weighted by Crippen LogP contribution is 2.47. The van der Waals surface area contributed by atoms with Gasteiger partial charge < -0.3 is 35.2 Å². The van der Waals surface area contributed by atoms with Crippen molar-refractivity contribution in [3.05, 3.63) is 40.5 Å². The zero-order chi connectivity index (χ0) is 33.0. The number of carbonyl (C=O) groups is 1. The van der Waals surface area contributed by atoms with Gasteiger partial charge in [-0.1, -0.05) is 0 Å². The number of nitrogens with two attached hydrogens (primary N) is 1. The summed E-state index contributed by atoms with van der Waals surface area (Å²) in [5.41, 5.74) is 0.796. The van der Waals surface area contributed by atoms with E-state index in [4.69, 9.17) is 25.4 Å². The molecule has 0 aliphatic carbocycles. The van der Waals surface area contributed by atoms with Crippen LogP contribution < -0.4 is 15.4 Å². The maximum atomic E-state index is 16.7. The summed E-state index contributed by atoms with van der Waals surface area (Å²) in [5, 5.41) is 7.53. The number of alkyl halides is 3. The minimum absolute atomic E-state index is 0.0116. The van der Waals surface area contributed by atoms with Crippen LogP contribution in [-0.2, 0) is 15.7 Å². The fourth-order valence-corrected chi connectivity index (χ4v) is 5.90. The Morgan fingerprint density at radius 3 is 2.40 bits per heavy atom. The Balaban J connectivity index is 1.71. The van der Waals surface area contributed by atoms with Crippen molar-refractivity contribution in [1.82, 2.24) is 14.9 Å². The molecule has 15 heteroatoms. The molecule has 45 heavy (non-hydrogen) atoms. The van der Waals surface area contributed by atoms with Crippen LogP contribution in [0.15, 0.2) is 12.1 Å². The van der Waals surface area contributed by atoms with Crippen LogP contribution in [0.4, 0.5) is 38.3 Å². The predicted molar refractivity (Wildman–Crippen MR) is 157 cm³/mol. The van der Waals surface area contributed by atoms with Crippen LogP contribution in [0.1, 0.15) is 43.9 Å². The predicted octanol–water partition coefficient (Wildman–Crippen LogP) is 5.71. The molecule has 2 aromatic carbocycles. The number of halogens is 5. The minimum Gasteiger partial charge on any atom is -0.461 e. The number of anilines is 2. The number of nitrogens with one attached hydrogen (secondary N) is 1. The fraction of sp³-hybridized carbons (Fsp3) is 0.467. The first kappa shape index (κ1) is 32.1. The number of ether oxygens (including phenoxy) is 3. The summed E-state index contributed by atoms with van der Waals surface area (Å²) in [5.74, 6) is -2.38. The van der Waals surface area contributed by atoms with Gasteiger partial charge in [-0.05, 0) is 51.8 Å². The van der Waals surface area contributed by atoms with Crippen molar-refractivity contribution in [1.29, 1.82) is 5.41 Å². The first-order valence-corrected chi connectivity index (χ1v) is 14.1. The fourth-order valence-electron chi connectivity index (χ4n) is 5.90. The molecule has 10 nitrogen and oxygen atoms in total. The molecule has 2 fully saturated rings. The highest BCUT2D eigenvalue weighted by Gasteiger charge is 2.48. The SMILES string of the molecule is COCCOc1nc(N2CC3CC2CN3C(=O)OC(C)(C)C)c2cc(C(F)(F)F)c(-c3c(C)c(F)cc(N)c3C=N)c(F)c2n1. The number of benzene rings is 2. The third-order valence-corrected chi connectivity index (χ3v) is 7.85. The highest BCUT2D eigenvalue weighted by molar-refractivity contribution is 6.01. The van der Waals surface area contributed by atoms with E-state index in [1.165, 1.54) is 14.0 Å². The van der Waals surface area contributed by atoms with Gasteiger partial charge in [-0.25, -0.2) is 13.6 Å². The number of hydrogen-bond donors (Lipinski definition) is 2. The van der Waals surface area contributed by atoms with Crippen molar-refractivity contribution in [3.8, 4) is 17.1 Å².